The van der Waals surface area contributed by atoms with Crippen molar-refractivity contribution in [1.82, 2.24) is 14.7 Å². The van der Waals surface area contributed by atoms with Crippen molar-refractivity contribution in [3.63, 3.8) is 0 Å². The van der Waals surface area contributed by atoms with E-state index in [1.54, 1.807) is 41.2 Å². The van der Waals surface area contributed by atoms with E-state index in [9.17, 15) is 14.4 Å². The van der Waals surface area contributed by atoms with Crippen LogP contribution in [0, 0.1) is 5.92 Å². The Morgan fingerprint density at radius 1 is 1.20 bits per heavy atom. The van der Waals surface area contributed by atoms with Crippen LogP contribution in [0.5, 0.6) is 0 Å². The molecule has 1 atom stereocenters. The Kier molecular flexibility index (Phi) is 3.63. The predicted octanol–water partition coefficient (Wildman–Crippen LogP) is 2.09. The van der Waals surface area contributed by atoms with Gasteiger partial charge in [0.25, 0.3) is 11.8 Å². The van der Waals surface area contributed by atoms with E-state index < -0.39 is 17.7 Å². The predicted molar refractivity (Wildman–Crippen MR) is 90.1 cm³/mol. The van der Waals surface area contributed by atoms with Gasteiger partial charge in [0.05, 0.1) is 23.4 Å². The summed E-state index contributed by atoms with van der Waals surface area (Å²) >= 11 is 0. The van der Waals surface area contributed by atoms with Crippen LogP contribution < -0.4 is 5.32 Å². The number of anilines is 1. The fraction of sp³-hybridized carbons (Fsp3) is 0.333. The normalized spacial score (nSPS) is 17.6. The highest BCUT2D eigenvalue weighted by molar-refractivity contribution is 6.22. The van der Waals surface area contributed by atoms with Crippen molar-refractivity contribution < 1.29 is 14.4 Å². The van der Waals surface area contributed by atoms with Gasteiger partial charge in [0.15, 0.2) is 0 Å². The van der Waals surface area contributed by atoms with E-state index >= 15 is 0 Å². The van der Waals surface area contributed by atoms with Gasteiger partial charge >= 0.3 is 0 Å². The van der Waals surface area contributed by atoms with Crippen LogP contribution in [0.15, 0.2) is 36.5 Å². The SMILES string of the molecule is CC(C1CC1)n1nccc1NC(=O)CN1C(=O)c2ccccc2C1=O. The molecule has 1 aliphatic carbocycles. The molecule has 0 spiro atoms. The Bertz CT molecular complexity index is 834. The zero-order valence-corrected chi connectivity index (χ0v) is 13.8. The highest BCUT2D eigenvalue weighted by atomic mass is 16.2. The Morgan fingerprint density at radius 2 is 1.84 bits per heavy atom. The van der Waals surface area contributed by atoms with E-state index in [2.05, 4.69) is 17.3 Å². The number of hydrogen-bond donors (Lipinski definition) is 1. The summed E-state index contributed by atoms with van der Waals surface area (Å²) in [7, 11) is 0. The minimum atomic E-state index is -0.435. The van der Waals surface area contributed by atoms with Crippen LogP contribution in [-0.4, -0.2) is 38.9 Å². The maximum Gasteiger partial charge on any atom is 0.262 e. The zero-order chi connectivity index (χ0) is 17.6. The van der Waals surface area contributed by atoms with Gasteiger partial charge < -0.3 is 5.32 Å². The molecule has 0 bridgehead atoms. The average molecular weight is 338 g/mol. The molecule has 0 saturated heterocycles. The molecule has 2 heterocycles. The first-order valence-corrected chi connectivity index (χ1v) is 8.35. The molecule has 2 aliphatic rings. The summed E-state index contributed by atoms with van der Waals surface area (Å²) in [6, 6.07) is 8.53. The van der Waals surface area contributed by atoms with Gasteiger partial charge in [-0.1, -0.05) is 12.1 Å². The van der Waals surface area contributed by atoms with Gasteiger partial charge in [-0.2, -0.15) is 5.10 Å². The van der Waals surface area contributed by atoms with Crippen molar-refractivity contribution in [2.75, 3.05) is 11.9 Å². The summed E-state index contributed by atoms with van der Waals surface area (Å²) in [5.41, 5.74) is 0.681. The lowest BCUT2D eigenvalue weighted by molar-refractivity contribution is -0.116. The summed E-state index contributed by atoms with van der Waals surface area (Å²) in [5, 5.41) is 7.04. The molecule has 1 aromatic heterocycles. The van der Waals surface area contributed by atoms with E-state index in [-0.39, 0.29) is 12.6 Å². The number of carbonyl (C=O) groups excluding carboxylic acids is 3. The molecule has 2 aromatic rings. The lowest BCUT2D eigenvalue weighted by atomic mass is 10.1. The van der Waals surface area contributed by atoms with Gasteiger partial charge in [-0.25, -0.2) is 4.68 Å². The van der Waals surface area contributed by atoms with Gasteiger partial charge in [0.2, 0.25) is 5.91 Å². The van der Waals surface area contributed by atoms with Crippen LogP contribution in [0.3, 0.4) is 0 Å². The Balaban J connectivity index is 1.46. The molecule has 25 heavy (non-hydrogen) atoms. The van der Waals surface area contributed by atoms with Gasteiger partial charge in [0.1, 0.15) is 12.4 Å². The molecule has 1 unspecified atom stereocenters. The maximum atomic E-state index is 12.4. The number of carbonyl (C=O) groups is 3. The second-order valence-electron chi connectivity index (χ2n) is 6.53. The monoisotopic (exact) mass is 338 g/mol. The van der Waals surface area contributed by atoms with Crippen LogP contribution >= 0.6 is 0 Å². The van der Waals surface area contributed by atoms with Crippen molar-refractivity contribution >= 4 is 23.5 Å². The van der Waals surface area contributed by atoms with Gasteiger partial charge in [-0.15, -0.1) is 0 Å². The second kappa shape index (κ2) is 5.84. The summed E-state index contributed by atoms with van der Waals surface area (Å²) in [6.07, 6.45) is 3.98. The lowest BCUT2D eigenvalue weighted by Gasteiger charge is -2.17. The molecule has 3 amide bonds. The second-order valence-corrected chi connectivity index (χ2v) is 6.53. The largest absolute Gasteiger partial charge is 0.309 e. The molecular formula is C18H18N4O3. The molecule has 7 nitrogen and oxygen atoms in total. The van der Waals surface area contributed by atoms with Crippen molar-refractivity contribution in [3.05, 3.63) is 47.7 Å². The minimum absolute atomic E-state index is 0.213. The first-order valence-electron chi connectivity index (χ1n) is 8.35. The van der Waals surface area contributed by atoms with Crippen molar-refractivity contribution in [2.45, 2.75) is 25.8 Å². The number of fused-ring (bicyclic) bond motifs is 1. The fourth-order valence-electron chi connectivity index (χ4n) is 3.22. The van der Waals surface area contributed by atoms with Crippen molar-refractivity contribution in [3.8, 4) is 0 Å². The van der Waals surface area contributed by atoms with Crippen LogP contribution in [0.4, 0.5) is 5.82 Å². The molecule has 1 saturated carbocycles. The topological polar surface area (TPSA) is 84.3 Å². The third kappa shape index (κ3) is 2.71. The molecular weight excluding hydrogens is 320 g/mol. The highest BCUT2D eigenvalue weighted by Gasteiger charge is 2.36. The minimum Gasteiger partial charge on any atom is -0.309 e. The summed E-state index contributed by atoms with van der Waals surface area (Å²) in [4.78, 5) is 38.0. The molecule has 1 fully saturated rings. The number of nitrogens with one attached hydrogen (secondary N) is 1. The van der Waals surface area contributed by atoms with Crippen LogP contribution in [0.25, 0.3) is 0 Å². The molecule has 7 heteroatoms. The van der Waals surface area contributed by atoms with E-state index in [0.717, 1.165) is 4.90 Å². The van der Waals surface area contributed by atoms with Gasteiger partial charge in [-0.3, -0.25) is 19.3 Å². The number of aromatic nitrogens is 2. The van der Waals surface area contributed by atoms with Crippen LogP contribution in [0.1, 0.15) is 46.5 Å². The number of imide groups is 1. The smallest absolute Gasteiger partial charge is 0.262 e. The number of benzene rings is 1. The lowest BCUT2D eigenvalue weighted by Crippen LogP contribution is -2.37. The molecule has 1 aromatic carbocycles. The Labute approximate surface area is 144 Å². The van der Waals surface area contributed by atoms with E-state index in [0.29, 0.717) is 22.9 Å². The summed E-state index contributed by atoms with van der Waals surface area (Å²) < 4.78 is 1.79. The molecule has 1 N–H and O–H groups in total. The molecule has 128 valence electrons. The van der Waals surface area contributed by atoms with Crippen LogP contribution in [0.2, 0.25) is 0 Å². The number of nitrogens with zero attached hydrogens (tertiary/aromatic N) is 3. The molecule has 1 aliphatic heterocycles. The number of rotatable bonds is 5. The maximum absolute atomic E-state index is 12.4. The first kappa shape index (κ1) is 15.6. The average Bonchev–Trinajstić information content (AvgIpc) is 3.32. The van der Waals surface area contributed by atoms with E-state index in [1.807, 2.05) is 0 Å². The van der Waals surface area contributed by atoms with Crippen LogP contribution in [-0.2, 0) is 4.79 Å². The van der Waals surface area contributed by atoms with Gasteiger partial charge in [-0.05, 0) is 37.8 Å². The molecule has 0 radical (unpaired) electrons. The highest BCUT2D eigenvalue weighted by Crippen LogP contribution is 2.40. The third-order valence-electron chi connectivity index (χ3n) is 4.81. The number of amides is 3. The van der Waals surface area contributed by atoms with E-state index in [4.69, 9.17) is 0 Å². The van der Waals surface area contributed by atoms with E-state index in [1.165, 1.54) is 12.8 Å². The first-order chi connectivity index (χ1) is 12.1. The van der Waals surface area contributed by atoms with Crippen molar-refractivity contribution in [2.24, 2.45) is 5.92 Å². The zero-order valence-electron chi connectivity index (χ0n) is 13.8. The third-order valence-corrected chi connectivity index (χ3v) is 4.81. The summed E-state index contributed by atoms with van der Waals surface area (Å²) in [6.45, 7) is 1.76. The quantitative estimate of drug-likeness (QED) is 0.846. The van der Waals surface area contributed by atoms with Crippen molar-refractivity contribution in [1.29, 1.82) is 0 Å². The number of hydrogen-bond acceptors (Lipinski definition) is 4. The standard InChI is InChI=1S/C18H18N4O3/c1-11(12-6-7-12)22-15(8-9-19-22)20-16(23)10-21-17(24)13-4-2-3-5-14(13)18(21)25/h2-5,8-9,11-12H,6-7,10H2,1H3,(H,20,23). The summed E-state index contributed by atoms with van der Waals surface area (Å²) in [5.74, 6) is -0.113. The van der Waals surface area contributed by atoms with Gasteiger partial charge in [0, 0.05) is 6.07 Å². The Morgan fingerprint density at radius 3 is 2.44 bits per heavy atom. The molecule has 4 rings (SSSR count). The Hall–Kier alpha value is -2.96. The fourth-order valence-corrected chi connectivity index (χ4v) is 3.22.